The number of methoxy groups -OCH3 is 1. The molecule has 1 heterocycles. The van der Waals surface area contributed by atoms with Crippen LogP contribution >= 0.6 is 22.9 Å². The zero-order valence-corrected chi connectivity index (χ0v) is 10.0. The predicted molar refractivity (Wildman–Crippen MR) is 63.8 cm³/mol. The molecule has 0 amide bonds. The lowest BCUT2D eigenvalue weighted by Crippen LogP contribution is -1.88. The van der Waals surface area contributed by atoms with Gasteiger partial charge in [0, 0.05) is 10.9 Å². The summed E-state index contributed by atoms with van der Waals surface area (Å²) in [6, 6.07) is 6.00. The van der Waals surface area contributed by atoms with Gasteiger partial charge in [0.1, 0.15) is 5.75 Å². The van der Waals surface area contributed by atoms with Crippen molar-refractivity contribution in [1.29, 1.82) is 0 Å². The molecule has 0 fully saturated rings. The van der Waals surface area contributed by atoms with Gasteiger partial charge in [-0.15, -0.1) is 11.3 Å². The predicted octanol–water partition coefficient (Wildman–Crippen LogP) is 3.78. The molecule has 0 bridgehead atoms. The van der Waals surface area contributed by atoms with E-state index in [9.17, 15) is 0 Å². The summed E-state index contributed by atoms with van der Waals surface area (Å²) < 4.78 is 5.84. The molecule has 0 radical (unpaired) electrons. The van der Waals surface area contributed by atoms with Gasteiger partial charge in [-0.3, -0.25) is 0 Å². The van der Waals surface area contributed by atoms with Gasteiger partial charge in [-0.2, -0.15) is 0 Å². The first-order valence-corrected chi connectivity index (χ1v) is 5.72. The molecule has 15 heavy (non-hydrogen) atoms. The largest absolute Gasteiger partial charge is 0.496 e. The summed E-state index contributed by atoms with van der Waals surface area (Å²) in [4.78, 5) is 4.23. The van der Waals surface area contributed by atoms with Gasteiger partial charge in [0.15, 0.2) is 4.47 Å². The Labute approximate surface area is 97.5 Å². The fourth-order valence-electron chi connectivity index (χ4n) is 1.40. The van der Waals surface area contributed by atoms with Crippen molar-refractivity contribution in [2.45, 2.75) is 6.92 Å². The lowest BCUT2D eigenvalue weighted by molar-refractivity contribution is 0.416. The topological polar surface area (TPSA) is 22.1 Å². The van der Waals surface area contributed by atoms with Crippen LogP contribution in [0, 0.1) is 6.92 Å². The number of halogens is 1. The van der Waals surface area contributed by atoms with Crippen LogP contribution in [-0.4, -0.2) is 12.1 Å². The minimum Gasteiger partial charge on any atom is -0.496 e. The zero-order valence-electron chi connectivity index (χ0n) is 8.45. The number of rotatable bonds is 2. The third-order valence-electron chi connectivity index (χ3n) is 2.11. The van der Waals surface area contributed by atoms with E-state index in [1.54, 1.807) is 7.11 Å². The van der Waals surface area contributed by atoms with Crippen molar-refractivity contribution in [2.75, 3.05) is 7.11 Å². The molecular formula is C11H10ClNOS. The Morgan fingerprint density at radius 3 is 2.80 bits per heavy atom. The second-order valence-electron chi connectivity index (χ2n) is 3.19. The minimum atomic E-state index is 0.550. The molecule has 0 saturated heterocycles. The van der Waals surface area contributed by atoms with Crippen LogP contribution < -0.4 is 4.74 Å². The molecule has 0 spiro atoms. The third-order valence-corrected chi connectivity index (χ3v) is 3.09. The average molecular weight is 240 g/mol. The van der Waals surface area contributed by atoms with Crippen LogP contribution in [0.3, 0.4) is 0 Å². The fraction of sp³-hybridized carbons (Fsp3) is 0.182. The third kappa shape index (κ3) is 2.13. The van der Waals surface area contributed by atoms with E-state index in [-0.39, 0.29) is 0 Å². The number of benzene rings is 1. The molecule has 0 atom stereocenters. The number of ether oxygens (including phenoxy) is 1. The molecule has 1 aromatic heterocycles. The Morgan fingerprint density at radius 1 is 1.40 bits per heavy atom. The molecule has 0 aliphatic heterocycles. The van der Waals surface area contributed by atoms with Crippen LogP contribution in [0.15, 0.2) is 23.6 Å². The molecule has 4 heteroatoms. The summed E-state index contributed by atoms with van der Waals surface area (Å²) in [5, 5.41) is 1.93. The Morgan fingerprint density at radius 2 is 2.20 bits per heavy atom. The molecule has 0 aliphatic rings. The number of hydrogen-bond acceptors (Lipinski definition) is 3. The lowest BCUT2D eigenvalue weighted by atomic mass is 10.1. The maximum atomic E-state index is 5.81. The van der Waals surface area contributed by atoms with E-state index in [1.165, 1.54) is 16.9 Å². The van der Waals surface area contributed by atoms with Crippen LogP contribution in [-0.2, 0) is 0 Å². The molecule has 2 nitrogen and oxygen atoms in total. The van der Waals surface area contributed by atoms with Gasteiger partial charge in [-0.05, 0) is 19.1 Å². The van der Waals surface area contributed by atoms with Crippen molar-refractivity contribution in [1.82, 2.24) is 4.98 Å². The monoisotopic (exact) mass is 239 g/mol. The van der Waals surface area contributed by atoms with Crippen LogP contribution in [0.2, 0.25) is 4.47 Å². The normalized spacial score (nSPS) is 10.3. The highest BCUT2D eigenvalue weighted by Crippen LogP contribution is 2.32. The highest BCUT2D eigenvalue weighted by molar-refractivity contribution is 7.14. The fourth-order valence-corrected chi connectivity index (χ4v) is 2.16. The highest BCUT2D eigenvalue weighted by atomic mass is 35.5. The van der Waals surface area contributed by atoms with Crippen molar-refractivity contribution >= 4 is 22.9 Å². The SMILES string of the molecule is COc1ccc(C)cc1-c1csc(Cl)n1. The summed E-state index contributed by atoms with van der Waals surface area (Å²) in [5.41, 5.74) is 3.03. The maximum Gasteiger partial charge on any atom is 0.184 e. The van der Waals surface area contributed by atoms with Gasteiger partial charge >= 0.3 is 0 Å². The van der Waals surface area contributed by atoms with Crippen LogP contribution in [0.1, 0.15) is 5.56 Å². The molecular weight excluding hydrogens is 230 g/mol. The number of hydrogen-bond donors (Lipinski definition) is 0. The van der Waals surface area contributed by atoms with Crippen molar-refractivity contribution in [3.8, 4) is 17.0 Å². The van der Waals surface area contributed by atoms with Gasteiger partial charge in [0.25, 0.3) is 0 Å². The molecule has 2 aromatic rings. The molecule has 0 N–H and O–H groups in total. The first-order chi connectivity index (χ1) is 7.20. The van der Waals surface area contributed by atoms with Gasteiger partial charge in [0.2, 0.25) is 0 Å². The van der Waals surface area contributed by atoms with Crippen LogP contribution in [0.4, 0.5) is 0 Å². The van der Waals surface area contributed by atoms with E-state index >= 15 is 0 Å². The average Bonchev–Trinajstić information content (AvgIpc) is 2.65. The molecule has 2 rings (SSSR count). The lowest BCUT2D eigenvalue weighted by Gasteiger charge is -2.06. The van der Waals surface area contributed by atoms with Crippen molar-refractivity contribution in [3.05, 3.63) is 33.6 Å². The Hall–Kier alpha value is -1.06. The molecule has 0 saturated carbocycles. The number of aromatic nitrogens is 1. The van der Waals surface area contributed by atoms with E-state index < -0.39 is 0 Å². The van der Waals surface area contributed by atoms with E-state index in [0.29, 0.717) is 4.47 Å². The number of aryl methyl sites for hydroxylation is 1. The summed E-state index contributed by atoms with van der Waals surface area (Å²) in [7, 11) is 1.65. The van der Waals surface area contributed by atoms with Gasteiger partial charge in [0.05, 0.1) is 12.8 Å². The maximum absolute atomic E-state index is 5.81. The second-order valence-corrected chi connectivity index (χ2v) is 4.63. The quantitative estimate of drug-likeness (QED) is 0.796. The van der Waals surface area contributed by atoms with E-state index in [2.05, 4.69) is 4.98 Å². The minimum absolute atomic E-state index is 0.550. The molecule has 0 unspecified atom stereocenters. The van der Waals surface area contributed by atoms with Gasteiger partial charge in [-0.25, -0.2) is 4.98 Å². The summed E-state index contributed by atoms with van der Waals surface area (Å²) in [6.45, 7) is 2.04. The van der Waals surface area contributed by atoms with Crippen LogP contribution in [0.25, 0.3) is 11.3 Å². The summed E-state index contributed by atoms with van der Waals surface area (Å²) in [5.74, 6) is 0.822. The standard InChI is InChI=1S/C11H10ClNOS/c1-7-3-4-10(14-2)8(5-7)9-6-15-11(12)13-9/h3-6H,1-2H3. The Balaban J connectivity index is 2.55. The van der Waals surface area contributed by atoms with Crippen molar-refractivity contribution in [3.63, 3.8) is 0 Å². The number of thiazole rings is 1. The molecule has 78 valence electrons. The number of nitrogens with zero attached hydrogens (tertiary/aromatic N) is 1. The first-order valence-electron chi connectivity index (χ1n) is 4.47. The second kappa shape index (κ2) is 4.21. The zero-order chi connectivity index (χ0) is 10.8. The Kier molecular flexibility index (Phi) is 2.93. The highest BCUT2D eigenvalue weighted by Gasteiger charge is 2.09. The van der Waals surface area contributed by atoms with Gasteiger partial charge in [-0.1, -0.05) is 23.2 Å². The van der Waals surface area contributed by atoms with Gasteiger partial charge < -0.3 is 4.74 Å². The van der Waals surface area contributed by atoms with Crippen molar-refractivity contribution in [2.24, 2.45) is 0 Å². The van der Waals surface area contributed by atoms with E-state index in [4.69, 9.17) is 16.3 Å². The Bertz CT molecular complexity index is 481. The first kappa shape index (κ1) is 10.5. The molecule has 1 aromatic carbocycles. The van der Waals surface area contributed by atoms with Crippen LogP contribution in [0.5, 0.6) is 5.75 Å². The summed E-state index contributed by atoms with van der Waals surface area (Å²) >= 11 is 7.24. The molecule has 0 aliphatic carbocycles. The smallest absolute Gasteiger partial charge is 0.184 e. The summed E-state index contributed by atoms with van der Waals surface area (Å²) in [6.07, 6.45) is 0. The van der Waals surface area contributed by atoms with E-state index in [1.807, 2.05) is 30.5 Å². The van der Waals surface area contributed by atoms with Crippen molar-refractivity contribution < 1.29 is 4.74 Å². The van der Waals surface area contributed by atoms with E-state index in [0.717, 1.165) is 17.0 Å².